The van der Waals surface area contributed by atoms with Gasteiger partial charge in [-0.3, -0.25) is 0 Å². The molecule has 0 rings (SSSR count). The summed E-state index contributed by atoms with van der Waals surface area (Å²) < 4.78 is 9.68. The summed E-state index contributed by atoms with van der Waals surface area (Å²) in [6.07, 6.45) is 1.21. The van der Waals surface area contributed by atoms with Gasteiger partial charge in [-0.15, -0.1) is 0 Å². The fourth-order valence-electron chi connectivity index (χ4n) is 1.82. The van der Waals surface area contributed by atoms with Crippen molar-refractivity contribution < 1.29 is 23.9 Å². The molecule has 0 saturated carbocycles. The van der Waals surface area contributed by atoms with Crippen molar-refractivity contribution in [2.75, 3.05) is 7.11 Å². The highest BCUT2D eigenvalue weighted by atomic mass is 16.6. The molecule has 0 aliphatic carbocycles. The van der Waals surface area contributed by atoms with Crippen LogP contribution in [0.2, 0.25) is 0 Å². The van der Waals surface area contributed by atoms with Crippen LogP contribution >= 0.6 is 0 Å². The number of hydrogen-bond acceptors (Lipinski definition) is 4. The van der Waals surface area contributed by atoms with Crippen molar-refractivity contribution in [1.82, 2.24) is 0 Å². The lowest BCUT2D eigenvalue weighted by Gasteiger charge is -2.34. The van der Waals surface area contributed by atoms with Gasteiger partial charge in [0.1, 0.15) is 5.60 Å². The van der Waals surface area contributed by atoms with Crippen molar-refractivity contribution in [1.29, 1.82) is 0 Å². The van der Waals surface area contributed by atoms with Crippen LogP contribution in [0, 0.1) is 5.92 Å². The van der Waals surface area contributed by atoms with E-state index in [1.165, 1.54) is 0 Å². The summed E-state index contributed by atoms with van der Waals surface area (Å²) in [6, 6.07) is 0. The number of methoxy groups -OCH3 is 1. The van der Waals surface area contributed by atoms with Crippen LogP contribution < -0.4 is 0 Å². The van der Waals surface area contributed by atoms with Crippen molar-refractivity contribution in [2.45, 2.75) is 46.1 Å². The minimum atomic E-state index is -1.02. The maximum atomic E-state index is 11.8. The molecule has 6 heteroatoms. The number of nitrogens with zero attached hydrogens (tertiary/aromatic N) is 2. The third-order valence-corrected chi connectivity index (χ3v) is 3.22. The van der Waals surface area contributed by atoms with Crippen LogP contribution in [0.3, 0.4) is 0 Å². The van der Waals surface area contributed by atoms with Crippen LogP contribution in [-0.2, 0) is 19.1 Å². The number of rotatable bonds is 6. The molecular weight excluding hydrogens is 236 g/mol. The second-order valence-electron chi connectivity index (χ2n) is 4.26. The Morgan fingerprint density at radius 1 is 1.22 bits per heavy atom. The highest BCUT2D eigenvalue weighted by Gasteiger charge is 2.41. The quantitative estimate of drug-likeness (QED) is 0.237. The molecule has 0 aromatic heterocycles. The minimum absolute atomic E-state index is 0.0778. The first-order valence-electron chi connectivity index (χ1n) is 5.92. The van der Waals surface area contributed by atoms with Gasteiger partial charge in [0.05, 0.1) is 7.11 Å². The van der Waals surface area contributed by atoms with E-state index in [-0.39, 0.29) is 5.92 Å². The number of ether oxygens (including phenoxy) is 2. The molecule has 0 spiro atoms. The van der Waals surface area contributed by atoms with Gasteiger partial charge in [0.2, 0.25) is 0 Å². The van der Waals surface area contributed by atoms with Crippen molar-refractivity contribution in [3.63, 3.8) is 0 Å². The van der Waals surface area contributed by atoms with Gasteiger partial charge in [-0.2, -0.15) is 4.79 Å². The topological polar surface area (TPSA) is 89.0 Å². The second-order valence-corrected chi connectivity index (χ2v) is 4.26. The lowest BCUT2D eigenvalue weighted by molar-refractivity contribution is -0.164. The van der Waals surface area contributed by atoms with Gasteiger partial charge >= 0.3 is 17.7 Å². The van der Waals surface area contributed by atoms with E-state index in [2.05, 4.69) is 9.53 Å². The molecule has 0 aromatic rings. The van der Waals surface area contributed by atoms with E-state index in [9.17, 15) is 9.59 Å². The first-order valence-corrected chi connectivity index (χ1v) is 5.92. The molecule has 0 bridgehead atoms. The summed E-state index contributed by atoms with van der Waals surface area (Å²) in [4.78, 5) is 25.6. The minimum Gasteiger partial charge on any atom is -0.460 e. The molecule has 0 aliphatic rings. The Hall–Kier alpha value is -1.68. The van der Waals surface area contributed by atoms with E-state index in [1.807, 2.05) is 27.7 Å². The zero-order chi connectivity index (χ0) is 14.3. The zero-order valence-corrected chi connectivity index (χ0v) is 11.5. The smallest absolute Gasteiger partial charge is 0.460 e. The molecule has 0 atom stereocenters. The standard InChI is InChI=1S/C12H20N2O4/c1-6-12(7-2,8(3)4)18-11(16)9(14-13)10(15)17-5/h8H,6-7H2,1-5H3. The van der Waals surface area contributed by atoms with Crippen molar-refractivity contribution in [3.05, 3.63) is 5.53 Å². The van der Waals surface area contributed by atoms with E-state index in [0.717, 1.165) is 7.11 Å². The summed E-state index contributed by atoms with van der Waals surface area (Å²) in [5.41, 5.74) is 7.24. The highest BCUT2D eigenvalue weighted by Crippen LogP contribution is 2.29. The Kier molecular flexibility index (Phi) is 6.27. The van der Waals surface area contributed by atoms with Crippen molar-refractivity contribution >= 4 is 17.7 Å². The second kappa shape index (κ2) is 6.91. The predicted octanol–water partition coefficient (Wildman–Crippen LogP) is 1.59. The Morgan fingerprint density at radius 3 is 2.00 bits per heavy atom. The Labute approximate surface area is 107 Å². The summed E-state index contributed by atoms with van der Waals surface area (Å²) in [5, 5.41) is 0. The maximum absolute atomic E-state index is 11.8. The average Bonchev–Trinajstić information content (AvgIpc) is 2.36. The van der Waals surface area contributed by atoms with Crippen LogP contribution in [0.5, 0.6) is 0 Å². The van der Waals surface area contributed by atoms with Gasteiger partial charge in [-0.05, 0) is 18.8 Å². The average molecular weight is 256 g/mol. The molecule has 102 valence electrons. The van der Waals surface area contributed by atoms with Gasteiger partial charge < -0.3 is 15.0 Å². The summed E-state index contributed by atoms with van der Waals surface area (Å²) in [7, 11) is 1.09. The van der Waals surface area contributed by atoms with Crippen LogP contribution in [-0.4, -0.2) is 35.2 Å². The summed E-state index contributed by atoms with van der Waals surface area (Å²) >= 11 is 0. The van der Waals surface area contributed by atoms with Crippen LogP contribution in [0.4, 0.5) is 0 Å². The van der Waals surface area contributed by atoms with Gasteiger partial charge in [-0.25, -0.2) is 9.59 Å². The molecular formula is C12H20N2O4. The summed E-state index contributed by atoms with van der Waals surface area (Å²) in [5.74, 6) is -1.91. The lowest BCUT2D eigenvalue weighted by atomic mass is 9.85. The van der Waals surface area contributed by atoms with E-state index >= 15 is 0 Å². The lowest BCUT2D eigenvalue weighted by Crippen LogP contribution is -2.43. The van der Waals surface area contributed by atoms with Crippen molar-refractivity contribution in [3.8, 4) is 0 Å². The van der Waals surface area contributed by atoms with Gasteiger partial charge in [0.15, 0.2) is 0 Å². The van der Waals surface area contributed by atoms with E-state index in [4.69, 9.17) is 10.3 Å². The summed E-state index contributed by atoms with van der Waals surface area (Å²) in [6.45, 7) is 7.64. The highest BCUT2D eigenvalue weighted by molar-refractivity contribution is 6.60. The van der Waals surface area contributed by atoms with Crippen LogP contribution in [0.15, 0.2) is 0 Å². The molecule has 0 aromatic carbocycles. The van der Waals surface area contributed by atoms with Gasteiger partial charge in [-0.1, -0.05) is 27.7 Å². The molecule has 0 aliphatic heterocycles. The third-order valence-electron chi connectivity index (χ3n) is 3.22. The van der Waals surface area contributed by atoms with E-state index < -0.39 is 23.3 Å². The van der Waals surface area contributed by atoms with Gasteiger partial charge in [0.25, 0.3) is 0 Å². The number of esters is 2. The molecule has 6 nitrogen and oxygen atoms in total. The number of hydrogen-bond donors (Lipinski definition) is 0. The fraction of sp³-hybridized carbons (Fsp3) is 0.750. The van der Waals surface area contributed by atoms with Crippen LogP contribution in [0.25, 0.3) is 5.53 Å². The monoisotopic (exact) mass is 256 g/mol. The molecule has 0 N–H and O–H groups in total. The Morgan fingerprint density at radius 2 is 1.72 bits per heavy atom. The molecule has 0 unspecified atom stereocenters. The van der Waals surface area contributed by atoms with E-state index in [0.29, 0.717) is 12.8 Å². The molecule has 0 radical (unpaired) electrons. The first-order chi connectivity index (χ1) is 8.38. The Bertz CT molecular complexity index is 366. The van der Waals surface area contributed by atoms with Crippen molar-refractivity contribution in [2.24, 2.45) is 5.92 Å². The van der Waals surface area contributed by atoms with Crippen LogP contribution in [0.1, 0.15) is 40.5 Å². The number of carbonyl (C=O) groups is 2. The largest absolute Gasteiger partial charge is 0.482 e. The molecule has 0 fully saturated rings. The molecule has 0 saturated heterocycles. The molecule has 0 heterocycles. The Balaban J connectivity index is 5.13. The van der Waals surface area contributed by atoms with E-state index in [1.54, 1.807) is 0 Å². The normalized spacial score (nSPS) is 10.8. The zero-order valence-electron chi connectivity index (χ0n) is 11.5. The third kappa shape index (κ3) is 3.40. The first kappa shape index (κ1) is 16.3. The van der Waals surface area contributed by atoms with Gasteiger partial charge in [0, 0.05) is 0 Å². The molecule has 0 amide bonds. The fourth-order valence-corrected chi connectivity index (χ4v) is 1.82. The number of carbonyl (C=O) groups excluding carboxylic acids is 2. The SMILES string of the molecule is CCC(CC)(OC(=O)C(=[N+]=[N-])C(=O)OC)C(C)C. The maximum Gasteiger partial charge on any atom is 0.482 e. The molecule has 18 heavy (non-hydrogen) atoms. The predicted molar refractivity (Wildman–Crippen MR) is 64.9 cm³/mol.